The van der Waals surface area contributed by atoms with Gasteiger partial charge < -0.3 is 39.4 Å². The molecule has 0 radical (unpaired) electrons. The van der Waals surface area contributed by atoms with Crippen molar-refractivity contribution < 1.29 is 38.1 Å². The maximum atomic E-state index is 11.6. The number of carbonyl (C=O) groups excluding carboxylic acids is 4. The number of hydrogen-bond donors (Lipinski definition) is 2. The summed E-state index contributed by atoms with van der Waals surface area (Å²) in [7, 11) is 5.42. The Morgan fingerprint density at radius 2 is 0.824 bits per heavy atom. The fraction of sp³-hybridized carbons (Fsp3) is 0.818. The number of methoxy groups -OCH3 is 4. The van der Waals surface area contributed by atoms with Crippen LogP contribution in [0.4, 0.5) is 0 Å². The predicted molar refractivity (Wildman–Crippen MR) is 125 cm³/mol. The summed E-state index contributed by atoms with van der Waals surface area (Å²) in [4.78, 5) is 49.9. The zero-order valence-corrected chi connectivity index (χ0v) is 21.1. The lowest BCUT2D eigenvalue weighted by Gasteiger charge is -2.27. The highest BCUT2D eigenvalue weighted by Gasteiger charge is 2.14. The van der Waals surface area contributed by atoms with Crippen molar-refractivity contribution in [2.24, 2.45) is 0 Å². The van der Waals surface area contributed by atoms with Crippen LogP contribution in [0.1, 0.15) is 25.7 Å². The third-order valence-corrected chi connectivity index (χ3v) is 5.13. The number of carbonyl (C=O) groups is 4. The molecule has 0 aromatic carbocycles. The molecule has 0 atom stereocenters. The first-order chi connectivity index (χ1) is 16.4. The van der Waals surface area contributed by atoms with Crippen LogP contribution in [0.2, 0.25) is 0 Å². The highest BCUT2D eigenvalue weighted by molar-refractivity contribution is 5.70. The normalized spacial score (nSPS) is 10.9. The molecule has 0 aromatic rings. The van der Waals surface area contributed by atoms with Crippen LogP contribution in [0.3, 0.4) is 0 Å². The average Bonchev–Trinajstić information content (AvgIpc) is 2.86. The first-order valence-electron chi connectivity index (χ1n) is 11.5. The minimum atomic E-state index is -0.310. The van der Waals surface area contributed by atoms with E-state index in [4.69, 9.17) is 14.2 Å². The third kappa shape index (κ3) is 18.2. The van der Waals surface area contributed by atoms with Crippen molar-refractivity contribution in [3.63, 3.8) is 0 Å². The summed E-state index contributed by atoms with van der Waals surface area (Å²) in [6.45, 7) is 6.16. The number of rotatable bonds is 21. The van der Waals surface area contributed by atoms with Gasteiger partial charge in [0.2, 0.25) is 0 Å². The molecule has 12 heteroatoms. The number of esters is 4. The summed E-state index contributed by atoms with van der Waals surface area (Å²) in [5.41, 5.74) is 0. The van der Waals surface area contributed by atoms with E-state index >= 15 is 0 Å². The Bertz CT molecular complexity index is 571. The first kappa shape index (κ1) is 31.7. The van der Waals surface area contributed by atoms with E-state index in [0.29, 0.717) is 65.3 Å². The Labute approximate surface area is 202 Å². The van der Waals surface area contributed by atoms with E-state index in [9.17, 15) is 19.2 Å². The van der Waals surface area contributed by atoms with E-state index in [1.165, 1.54) is 28.4 Å². The van der Waals surface area contributed by atoms with Crippen molar-refractivity contribution in [1.29, 1.82) is 0 Å². The Kier molecular flexibility index (Phi) is 19.8. The van der Waals surface area contributed by atoms with Crippen LogP contribution < -0.4 is 10.6 Å². The molecule has 12 nitrogen and oxygen atoms in total. The van der Waals surface area contributed by atoms with E-state index in [1.54, 1.807) is 0 Å². The van der Waals surface area contributed by atoms with Crippen LogP contribution >= 0.6 is 0 Å². The Hall–Kier alpha value is -2.28. The Balaban J connectivity index is 4.54. The van der Waals surface area contributed by atoms with Gasteiger partial charge in [0.25, 0.3) is 0 Å². The summed E-state index contributed by atoms with van der Waals surface area (Å²) < 4.78 is 18.8. The molecule has 0 saturated carbocycles. The topological polar surface area (TPSA) is 136 Å². The zero-order chi connectivity index (χ0) is 25.6. The second-order valence-electron chi connectivity index (χ2n) is 7.49. The van der Waals surface area contributed by atoms with Crippen LogP contribution in [0.25, 0.3) is 0 Å². The van der Waals surface area contributed by atoms with Crippen LogP contribution in [0, 0.1) is 0 Å². The summed E-state index contributed by atoms with van der Waals surface area (Å²) in [6, 6.07) is 0. The van der Waals surface area contributed by atoms with Crippen molar-refractivity contribution >= 4 is 23.9 Å². The summed E-state index contributed by atoms with van der Waals surface area (Å²) in [6.07, 6.45) is 1.06. The number of ether oxygens (including phenoxy) is 4. The molecule has 0 amide bonds. The van der Waals surface area contributed by atoms with E-state index in [0.717, 1.165) is 6.54 Å². The molecule has 0 bridgehead atoms. The predicted octanol–water partition coefficient (Wildman–Crippen LogP) is -0.978. The molecule has 0 rings (SSSR count). The van der Waals surface area contributed by atoms with Crippen LogP contribution in [0.5, 0.6) is 0 Å². The third-order valence-electron chi connectivity index (χ3n) is 5.13. The molecule has 0 aliphatic carbocycles. The number of hydrogen-bond acceptors (Lipinski definition) is 12. The van der Waals surface area contributed by atoms with Crippen molar-refractivity contribution in [3.05, 3.63) is 0 Å². The lowest BCUT2D eigenvalue weighted by atomic mass is 10.3. The summed E-state index contributed by atoms with van der Waals surface area (Å²) in [5, 5.41) is 6.49. The molecular formula is C22H42N4O8. The molecule has 0 fully saturated rings. The monoisotopic (exact) mass is 490 g/mol. The maximum absolute atomic E-state index is 11.6. The van der Waals surface area contributed by atoms with Gasteiger partial charge in [-0.15, -0.1) is 0 Å². The summed E-state index contributed by atoms with van der Waals surface area (Å²) >= 11 is 0. The van der Waals surface area contributed by atoms with E-state index in [-0.39, 0.29) is 43.1 Å². The smallest absolute Gasteiger partial charge is 0.306 e. The van der Waals surface area contributed by atoms with Gasteiger partial charge in [0.05, 0.1) is 54.1 Å². The minimum Gasteiger partial charge on any atom is -0.469 e. The van der Waals surface area contributed by atoms with E-state index in [1.807, 2.05) is 4.90 Å². The van der Waals surface area contributed by atoms with Gasteiger partial charge in [0, 0.05) is 65.4 Å². The van der Waals surface area contributed by atoms with Gasteiger partial charge in [0.1, 0.15) is 0 Å². The van der Waals surface area contributed by atoms with Crippen molar-refractivity contribution in [1.82, 2.24) is 20.4 Å². The fourth-order valence-electron chi connectivity index (χ4n) is 2.96. The lowest BCUT2D eigenvalue weighted by molar-refractivity contribution is -0.142. The quantitative estimate of drug-likeness (QED) is 0.116. The van der Waals surface area contributed by atoms with Crippen LogP contribution in [-0.2, 0) is 38.1 Å². The van der Waals surface area contributed by atoms with Crippen LogP contribution in [-0.4, -0.2) is 128 Å². The van der Waals surface area contributed by atoms with Crippen molar-refractivity contribution in [3.8, 4) is 0 Å². The molecule has 34 heavy (non-hydrogen) atoms. The largest absolute Gasteiger partial charge is 0.469 e. The van der Waals surface area contributed by atoms with Gasteiger partial charge in [-0.1, -0.05) is 0 Å². The van der Waals surface area contributed by atoms with Gasteiger partial charge in [-0.25, -0.2) is 0 Å². The van der Waals surface area contributed by atoms with Gasteiger partial charge in [-0.05, 0) is 0 Å². The molecule has 2 N–H and O–H groups in total. The van der Waals surface area contributed by atoms with Gasteiger partial charge in [0.15, 0.2) is 0 Å². The Morgan fingerprint density at radius 3 is 1.24 bits per heavy atom. The molecule has 0 aromatic heterocycles. The molecule has 198 valence electrons. The molecule has 0 unspecified atom stereocenters. The highest BCUT2D eigenvalue weighted by atomic mass is 16.5. The standard InChI is InChI=1S/C22H42N4O8/c1-31-19(27)5-9-23-10-11-24-12-16-26(15-8-22(30)34-4)18-17-25(13-6-20(28)32-2)14-7-21(29)33-3/h23-24H,5-18H2,1-4H3. The van der Waals surface area contributed by atoms with Crippen LogP contribution in [0.15, 0.2) is 0 Å². The molecule has 0 heterocycles. The first-order valence-corrected chi connectivity index (χ1v) is 11.5. The van der Waals surface area contributed by atoms with Gasteiger partial charge in [-0.2, -0.15) is 0 Å². The molecule has 0 saturated heterocycles. The van der Waals surface area contributed by atoms with E-state index < -0.39 is 0 Å². The molecule has 0 aliphatic heterocycles. The highest BCUT2D eigenvalue weighted by Crippen LogP contribution is 2.00. The van der Waals surface area contributed by atoms with Gasteiger partial charge >= 0.3 is 23.9 Å². The minimum absolute atomic E-state index is 0.227. The molecule has 0 aliphatic rings. The van der Waals surface area contributed by atoms with Crippen molar-refractivity contribution in [2.45, 2.75) is 25.7 Å². The number of nitrogens with zero attached hydrogens (tertiary/aromatic N) is 2. The molecule has 0 spiro atoms. The van der Waals surface area contributed by atoms with Crippen molar-refractivity contribution in [2.75, 3.05) is 93.9 Å². The number of nitrogens with one attached hydrogen (secondary N) is 2. The zero-order valence-electron chi connectivity index (χ0n) is 21.1. The second-order valence-corrected chi connectivity index (χ2v) is 7.49. The average molecular weight is 491 g/mol. The van der Waals surface area contributed by atoms with Gasteiger partial charge in [-0.3, -0.25) is 19.2 Å². The fourth-order valence-corrected chi connectivity index (χ4v) is 2.96. The second kappa shape index (κ2) is 21.3. The Morgan fingerprint density at radius 1 is 0.471 bits per heavy atom. The SMILES string of the molecule is COC(=O)CCNCCNCCN(CCC(=O)OC)CCN(CCC(=O)OC)CCC(=O)OC. The lowest BCUT2D eigenvalue weighted by Crippen LogP contribution is -2.41. The molecular weight excluding hydrogens is 448 g/mol. The maximum Gasteiger partial charge on any atom is 0.306 e. The van der Waals surface area contributed by atoms with E-state index in [2.05, 4.69) is 20.3 Å². The summed E-state index contributed by atoms with van der Waals surface area (Å²) in [5.74, 6) is -1.14.